The number of rotatable bonds is 4. The zero-order chi connectivity index (χ0) is 16.9. The summed E-state index contributed by atoms with van der Waals surface area (Å²) >= 11 is 0. The zero-order valence-electron chi connectivity index (χ0n) is 13.7. The van der Waals surface area contributed by atoms with Crippen LogP contribution in [-0.2, 0) is 4.74 Å². The summed E-state index contributed by atoms with van der Waals surface area (Å²) in [6.45, 7) is 2.20. The van der Waals surface area contributed by atoms with E-state index in [-0.39, 0.29) is 5.91 Å². The molecule has 24 heavy (non-hydrogen) atoms. The van der Waals surface area contributed by atoms with Crippen LogP contribution >= 0.6 is 0 Å². The second kappa shape index (κ2) is 7.27. The number of carbonyl (C=O) groups is 1. The van der Waals surface area contributed by atoms with Crippen LogP contribution in [0.5, 0.6) is 11.5 Å². The first-order valence-electron chi connectivity index (χ1n) is 7.65. The lowest BCUT2D eigenvalue weighted by atomic mass is 10.1. The molecule has 3 rings (SSSR count). The molecule has 1 saturated heterocycles. The molecule has 0 spiro atoms. The molecule has 1 fully saturated rings. The molecule has 7 heteroatoms. The van der Waals surface area contributed by atoms with Gasteiger partial charge in [-0.05, 0) is 12.1 Å². The van der Waals surface area contributed by atoms with E-state index in [1.165, 1.54) is 6.20 Å². The van der Waals surface area contributed by atoms with Gasteiger partial charge < -0.3 is 19.1 Å². The normalized spacial score (nSPS) is 14.3. The number of hydrogen-bond donors (Lipinski definition) is 0. The van der Waals surface area contributed by atoms with Crippen molar-refractivity contribution < 1.29 is 19.0 Å². The zero-order valence-corrected chi connectivity index (χ0v) is 13.7. The molecule has 1 aliphatic heterocycles. The van der Waals surface area contributed by atoms with Crippen LogP contribution in [0.15, 0.2) is 30.6 Å². The molecule has 0 N–H and O–H groups in total. The number of carbonyl (C=O) groups excluding carboxylic acids is 1. The fraction of sp³-hybridized carbons (Fsp3) is 0.353. The molecular formula is C17H19N3O4. The van der Waals surface area contributed by atoms with Crippen molar-refractivity contribution in [2.45, 2.75) is 0 Å². The van der Waals surface area contributed by atoms with Gasteiger partial charge in [-0.3, -0.25) is 9.78 Å². The third kappa shape index (κ3) is 3.16. The van der Waals surface area contributed by atoms with Crippen LogP contribution in [0.4, 0.5) is 0 Å². The Morgan fingerprint density at radius 2 is 1.79 bits per heavy atom. The highest BCUT2D eigenvalue weighted by molar-refractivity contribution is 5.92. The van der Waals surface area contributed by atoms with Crippen molar-refractivity contribution >= 4 is 5.91 Å². The molecule has 0 bridgehead atoms. The molecule has 1 amide bonds. The van der Waals surface area contributed by atoms with Crippen LogP contribution in [0.25, 0.3) is 11.3 Å². The van der Waals surface area contributed by atoms with Gasteiger partial charge in [-0.25, -0.2) is 4.98 Å². The topological polar surface area (TPSA) is 73.8 Å². The van der Waals surface area contributed by atoms with Gasteiger partial charge in [0.25, 0.3) is 5.91 Å². The minimum absolute atomic E-state index is 0.151. The summed E-state index contributed by atoms with van der Waals surface area (Å²) in [4.78, 5) is 23.0. The lowest BCUT2D eigenvalue weighted by Crippen LogP contribution is -2.41. The van der Waals surface area contributed by atoms with E-state index in [2.05, 4.69) is 9.97 Å². The first-order chi connectivity index (χ1) is 11.7. The lowest BCUT2D eigenvalue weighted by molar-refractivity contribution is 0.0299. The Balaban J connectivity index is 1.98. The van der Waals surface area contributed by atoms with Crippen molar-refractivity contribution in [3.8, 4) is 22.8 Å². The van der Waals surface area contributed by atoms with E-state index in [4.69, 9.17) is 14.2 Å². The van der Waals surface area contributed by atoms with Gasteiger partial charge in [-0.2, -0.15) is 0 Å². The smallest absolute Gasteiger partial charge is 0.274 e. The summed E-state index contributed by atoms with van der Waals surface area (Å²) in [6.07, 6.45) is 3.07. The van der Waals surface area contributed by atoms with Crippen molar-refractivity contribution in [1.82, 2.24) is 14.9 Å². The summed E-state index contributed by atoms with van der Waals surface area (Å²) in [5.74, 6) is 1.07. The maximum Gasteiger partial charge on any atom is 0.274 e. The Hall–Kier alpha value is -2.67. The van der Waals surface area contributed by atoms with E-state index >= 15 is 0 Å². The molecular weight excluding hydrogens is 310 g/mol. The van der Waals surface area contributed by atoms with Crippen molar-refractivity contribution in [1.29, 1.82) is 0 Å². The number of nitrogens with zero attached hydrogens (tertiary/aromatic N) is 3. The quantitative estimate of drug-likeness (QED) is 0.849. The van der Waals surface area contributed by atoms with Gasteiger partial charge in [0.2, 0.25) is 0 Å². The van der Waals surface area contributed by atoms with Crippen LogP contribution in [0.2, 0.25) is 0 Å². The van der Waals surface area contributed by atoms with Gasteiger partial charge in [0.15, 0.2) is 0 Å². The van der Waals surface area contributed by atoms with E-state index in [0.29, 0.717) is 54.8 Å². The molecule has 1 aromatic heterocycles. The van der Waals surface area contributed by atoms with Gasteiger partial charge >= 0.3 is 0 Å². The van der Waals surface area contributed by atoms with E-state index < -0.39 is 0 Å². The van der Waals surface area contributed by atoms with Gasteiger partial charge in [0.1, 0.15) is 17.2 Å². The van der Waals surface area contributed by atoms with E-state index in [0.717, 1.165) is 0 Å². The molecule has 0 saturated carbocycles. The number of ether oxygens (including phenoxy) is 3. The summed E-state index contributed by atoms with van der Waals surface area (Å²) in [5.41, 5.74) is 1.50. The molecule has 2 aromatic rings. The fourth-order valence-corrected chi connectivity index (χ4v) is 2.62. The van der Waals surface area contributed by atoms with Crippen LogP contribution in [-0.4, -0.2) is 61.3 Å². The minimum atomic E-state index is -0.151. The first-order valence-corrected chi connectivity index (χ1v) is 7.65. The van der Waals surface area contributed by atoms with Crippen molar-refractivity contribution in [3.63, 3.8) is 0 Å². The molecule has 0 unspecified atom stereocenters. The number of amides is 1. The number of aromatic nitrogens is 2. The number of benzene rings is 1. The van der Waals surface area contributed by atoms with E-state index in [1.54, 1.807) is 25.3 Å². The van der Waals surface area contributed by atoms with Gasteiger partial charge in [0.05, 0.1) is 51.1 Å². The fourth-order valence-electron chi connectivity index (χ4n) is 2.62. The average molecular weight is 329 g/mol. The Kier molecular flexibility index (Phi) is 4.90. The summed E-state index contributed by atoms with van der Waals surface area (Å²) in [7, 11) is 3.16. The van der Waals surface area contributed by atoms with Crippen molar-refractivity contribution in [2.75, 3.05) is 40.5 Å². The summed E-state index contributed by atoms with van der Waals surface area (Å²) in [6, 6.07) is 5.46. The molecule has 7 nitrogen and oxygen atoms in total. The van der Waals surface area contributed by atoms with Crippen LogP contribution < -0.4 is 9.47 Å². The minimum Gasteiger partial charge on any atom is -0.496 e. The monoisotopic (exact) mass is 329 g/mol. The maximum absolute atomic E-state index is 12.6. The van der Waals surface area contributed by atoms with Gasteiger partial charge in [-0.1, -0.05) is 6.07 Å². The second-order valence-corrected chi connectivity index (χ2v) is 5.23. The van der Waals surface area contributed by atoms with Crippen molar-refractivity contribution in [2.24, 2.45) is 0 Å². The average Bonchev–Trinajstić information content (AvgIpc) is 2.67. The lowest BCUT2D eigenvalue weighted by Gasteiger charge is -2.26. The standard InChI is InChI=1S/C17H19N3O4/c1-22-14-4-3-5-15(23-2)16(14)12-10-18-11-13(19-12)17(21)20-6-8-24-9-7-20/h3-5,10-11H,6-9H2,1-2H3. The van der Waals surface area contributed by atoms with E-state index in [9.17, 15) is 4.79 Å². The predicted molar refractivity (Wildman–Crippen MR) is 87.3 cm³/mol. The number of morpholine rings is 1. The second-order valence-electron chi connectivity index (χ2n) is 5.23. The largest absolute Gasteiger partial charge is 0.496 e. The highest BCUT2D eigenvalue weighted by Crippen LogP contribution is 2.36. The highest BCUT2D eigenvalue weighted by Gasteiger charge is 2.22. The first kappa shape index (κ1) is 16.2. The molecule has 0 radical (unpaired) electrons. The molecule has 0 aliphatic carbocycles. The summed E-state index contributed by atoms with van der Waals surface area (Å²) in [5, 5.41) is 0. The highest BCUT2D eigenvalue weighted by atomic mass is 16.5. The predicted octanol–water partition coefficient (Wildman–Crippen LogP) is 1.63. The summed E-state index contributed by atoms with van der Waals surface area (Å²) < 4.78 is 16.1. The Morgan fingerprint density at radius 3 is 2.42 bits per heavy atom. The van der Waals surface area contributed by atoms with Crippen molar-refractivity contribution in [3.05, 3.63) is 36.3 Å². The third-order valence-electron chi connectivity index (χ3n) is 3.84. The Bertz CT molecular complexity index is 707. The Morgan fingerprint density at radius 1 is 1.12 bits per heavy atom. The van der Waals surface area contributed by atoms with Crippen LogP contribution in [0.3, 0.4) is 0 Å². The third-order valence-corrected chi connectivity index (χ3v) is 3.84. The molecule has 126 valence electrons. The van der Waals surface area contributed by atoms with Crippen LogP contribution in [0, 0.1) is 0 Å². The van der Waals surface area contributed by atoms with Crippen LogP contribution in [0.1, 0.15) is 10.5 Å². The molecule has 1 aromatic carbocycles. The van der Waals surface area contributed by atoms with E-state index in [1.807, 2.05) is 18.2 Å². The maximum atomic E-state index is 12.6. The molecule has 2 heterocycles. The molecule has 0 atom stereocenters. The number of hydrogen-bond acceptors (Lipinski definition) is 6. The number of methoxy groups -OCH3 is 2. The van der Waals surface area contributed by atoms with Gasteiger partial charge in [0, 0.05) is 13.1 Å². The molecule has 1 aliphatic rings. The Labute approximate surface area is 140 Å². The van der Waals surface area contributed by atoms with Gasteiger partial charge in [-0.15, -0.1) is 0 Å². The SMILES string of the molecule is COc1cccc(OC)c1-c1cncc(C(=O)N2CCOCC2)n1.